The van der Waals surface area contributed by atoms with E-state index in [4.69, 9.17) is 0 Å². The van der Waals surface area contributed by atoms with Gasteiger partial charge in [-0.2, -0.15) is 0 Å². The smallest absolute Gasteiger partial charge is 0.123 e. The second-order valence-electron chi connectivity index (χ2n) is 8.84. The van der Waals surface area contributed by atoms with Crippen molar-refractivity contribution in [2.24, 2.45) is 0 Å². The Balaban J connectivity index is 1.64. The van der Waals surface area contributed by atoms with Crippen molar-refractivity contribution in [2.75, 3.05) is 4.90 Å². The average Bonchev–Trinajstić information content (AvgIpc) is 3.17. The largest absolute Gasteiger partial charge is 0.310 e. The lowest BCUT2D eigenvalue weighted by atomic mass is 9.94. The van der Waals surface area contributed by atoms with Crippen LogP contribution in [0.5, 0.6) is 0 Å². The Morgan fingerprint density at radius 2 is 1.09 bits per heavy atom. The van der Waals surface area contributed by atoms with Crippen molar-refractivity contribution in [1.82, 2.24) is 0 Å². The van der Waals surface area contributed by atoms with E-state index in [1.165, 1.54) is 22.3 Å². The fourth-order valence-corrected chi connectivity index (χ4v) is 5.11. The van der Waals surface area contributed by atoms with E-state index >= 15 is 0 Å². The third-order valence-electron chi connectivity index (χ3n) is 6.96. The van der Waals surface area contributed by atoms with Crippen LogP contribution in [0, 0.1) is 5.82 Å². The summed E-state index contributed by atoms with van der Waals surface area (Å²) in [5.74, 6) is 0.0614. The first kappa shape index (κ1) is 21.5. The molecule has 4 aromatic carbocycles. The van der Waals surface area contributed by atoms with Gasteiger partial charge in [0.2, 0.25) is 0 Å². The fraction of sp³-hybridized carbons (Fsp3) is 0.226. The average molecular weight is 436 g/mol. The summed E-state index contributed by atoms with van der Waals surface area (Å²) in [5, 5.41) is 0. The third-order valence-corrected chi connectivity index (χ3v) is 6.96. The van der Waals surface area contributed by atoms with E-state index in [0.29, 0.717) is 0 Å². The summed E-state index contributed by atoms with van der Waals surface area (Å²) in [6.45, 7) is 6.55. The summed E-state index contributed by atoms with van der Waals surface area (Å²) in [6.07, 6.45) is 3.00. The van der Waals surface area contributed by atoms with Gasteiger partial charge in [0, 0.05) is 23.0 Å². The van der Waals surface area contributed by atoms with E-state index in [1.807, 2.05) is 6.07 Å². The highest BCUT2D eigenvalue weighted by Gasteiger charge is 2.29. The molecule has 0 aromatic heterocycles. The first-order valence-electron chi connectivity index (χ1n) is 12.0. The molecule has 0 fully saturated rings. The lowest BCUT2D eigenvalue weighted by molar-refractivity contribution is 0.623. The topological polar surface area (TPSA) is 3.24 Å². The number of anilines is 3. The van der Waals surface area contributed by atoms with Crippen molar-refractivity contribution in [3.63, 3.8) is 0 Å². The van der Waals surface area contributed by atoms with Gasteiger partial charge in [0.1, 0.15) is 5.82 Å². The normalized spacial score (nSPS) is 14.1. The monoisotopic (exact) mass is 435 g/mol. The minimum atomic E-state index is -0.158. The number of benzene rings is 4. The van der Waals surface area contributed by atoms with Gasteiger partial charge in [-0.1, -0.05) is 57.2 Å². The molecule has 0 amide bonds. The summed E-state index contributed by atoms with van der Waals surface area (Å²) < 4.78 is 14.1. The van der Waals surface area contributed by atoms with Gasteiger partial charge in [-0.25, -0.2) is 4.39 Å². The maximum atomic E-state index is 14.1. The zero-order chi connectivity index (χ0) is 22.9. The van der Waals surface area contributed by atoms with Crippen molar-refractivity contribution >= 4 is 17.1 Å². The minimum absolute atomic E-state index is 0.158. The van der Waals surface area contributed by atoms with E-state index in [9.17, 15) is 4.39 Å². The highest BCUT2D eigenvalue weighted by Crippen LogP contribution is 2.48. The molecule has 1 aliphatic carbocycles. The molecule has 0 aliphatic heterocycles. The molecule has 166 valence electrons. The Hall–Kier alpha value is -3.39. The number of hydrogen-bond acceptors (Lipinski definition) is 1. The lowest BCUT2D eigenvalue weighted by Gasteiger charge is -2.27. The van der Waals surface area contributed by atoms with Crippen molar-refractivity contribution in [3.8, 4) is 11.1 Å². The molecule has 1 atom stereocenters. The highest BCUT2D eigenvalue weighted by atomic mass is 19.1. The molecule has 0 heterocycles. The summed E-state index contributed by atoms with van der Waals surface area (Å²) >= 11 is 0. The van der Waals surface area contributed by atoms with Crippen LogP contribution in [0.25, 0.3) is 11.1 Å². The van der Waals surface area contributed by atoms with Crippen LogP contribution in [0.15, 0.2) is 84.9 Å². The van der Waals surface area contributed by atoms with Crippen molar-refractivity contribution < 1.29 is 4.39 Å². The summed E-state index contributed by atoms with van der Waals surface area (Å²) in [7, 11) is 0. The fourth-order valence-electron chi connectivity index (χ4n) is 5.11. The molecule has 0 radical (unpaired) electrons. The molecule has 0 saturated heterocycles. The zero-order valence-electron chi connectivity index (χ0n) is 19.6. The van der Waals surface area contributed by atoms with Gasteiger partial charge in [-0.05, 0) is 101 Å². The van der Waals surface area contributed by atoms with Crippen molar-refractivity contribution in [2.45, 2.75) is 46.0 Å². The van der Waals surface area contributed by atoms with Crippen LogP contribution in [0.1, 0.15) is 55.4 Å². The Kier molecular flexibility index (Phi) is 5.76. The second-order valence-corrected chi connectivity index (χ2v) is 8.84. The van der Waals surface area contributed by atoms with Gasteiger partial charge < -0.3 is 4.90 Å². The SMILES string of the molecule is CCc1ccc(N(c2ccc(CC)cc2)c2ccc3c(c2)C(CC)c2cc(F)ccc2-3)cc1. The molecule has 1 nitrogen and oxygen atoms in total. The number of nitrogens with zero attached hydrogens (tertiary/aromatic N) is 1. The van der Waals surface area contributed by atoms with Gasteiger partial charge in [0.15, 0.2) is 0 Å². The number of rotatable bonds is 6. The predicted octanol–water partition coefficient (Wildman–Crippen LogP) is 8.94. The molecule has 1 unspecified atom stereocenters. The van der Waals surface area contributed by atoms with E-state index < -0.39 is 0 Å². The Morgan fingerprint density at radius 1 is 0.606 bits per heavy atom. The molecule has 33 heavy (non-hydrogen) atoms. The molecule has 4 aromatic rings. The van der Waals surface area contributed by atoms with E-state index in [1.54, 1.807) is 12.1 Å². The quantitative estimate of drug-likeness (QED) is 0.292. The van der Waals surface area contributed by atoms with Gasteiger partial charge >= 0.3 is 0 Å². The number of fused-ring (bicyclic) bond motifs is 3. The van der Waals surface area contributed by atoms with Crippen LogP contribution in [0.2, 0.25) is 0 Å². The van der Waals surface area contributed by atoms with Crippen LogP contribution in [0.3, 0.4) is 0 Å². The van der Waals surface area contributed by atoms with Crippen molar-refractivity contribution in [1.29, 1.82) is 0 Å². The summed E-state index contributed by atoms with van der Waals surface area (Å²) in [6, 6.07) is 29.6. The van der Waals surface area contributed by atoms with Gasteiger partial charge in [-0.15, -0.1) is 0 Å². The van der Waals surface area contributed by atoms with Crippen LogP contribution in [0.4, 0.5) is 21.5 Å². The Bertz CT molecular complexity index is 1220. The van der Waals surface area contributed by atoms with Gasteiger partial charge in [0.05, 0.1) is 0 Å². The van der Waals surface area contributed by atoms with E-state index in [-0.39, 0.29) is 11.7 Å². The van der Waals surface area contributed by atoms with Crippen LogP contribution in [-0.2, 0) is 12.8 Å². The highest BCUT2D eigenvalue weighted by molar-refractivity contribution is 5.84. The third kappa shape index (κ3) is 3.84. The van der Waals surface area contributed by atoms with E-state index in [0.717, 1.165) is 47.5 Å². The van der Waals surface area contributed by atoms with Crippen molar-refractivity contribution in [3.05, 3.63) is 113 Å². The Labute approximate surface area is 196 Å². The molecular formula is C31H30FN. The number of hydrogen-bond donors (Lipinski definition) is 0. The van der Waals surface area contributed by atoms with Gasteiger partial charge in [0.25, 0.3) is 0 Å². The molecule has 5 rings (SSSR count). The molecule has 0 spiro atoms. The standard InChI is InChI=1S/C31H30FN/c1-4-21-7-12-24(13-8-21)33(25-14-9-22(5-2)10-15-25)26-16-18-29-28-17-11-23(32)19-30(28)27(6-3)31(29)20-26/h7-20,27H,4-6H2,1-3H3. The number of aryl methyl sites for hydroxylation is 2. The molecular weight excluding hydrogens is 405 g/mol. The van der Waals surface area contributed by atoms with Crippen LogP contribution >= 0.6 is 0 Å². The molecule has 2 heteroatoms. The molecule has 0 bridgehead atoms. The van der Waals surface area contributed by atoms with Gasteiger partial charge in [-0.3, -0.25) is 0 Å². The first-order chi connectivity index (χ1) is 16.1. The zero-order valence-corrected chi connectivity index (χ0v) is 19.6. The maximum Gasteiger partial charge on any atom is 0.123 e. The predicted molar refractivity (Wildman–Crippen MR) is 137 cm³/mol. The lowest BCUT2D eigenvalue weighted by Crippen LogP contribution is -2.10. The maximum absolute atomic E-state index is 14.1. The summed E-state index contributed by atoms with van der Waals surface area (Å²) in [4.78, 5) is 2.33. The first-order valence-corrected chi connectivity index (χ1v) is 12.0. The van der Waals surface area contributed by atoms with E-state index in [2.05, 4.69) is 92.4 Å². The molecule has 0 N–H and O–H groups in total. The Morgan fingerprint density at radius 3 is 1.61 bits per heavy atom. The summed E-state index contributed by atoms with van der Waals surface area (Å²) in [5.41, 5.74) is 10.9. The molecule has 1 aliphatic rings. The number of halogens is 1. The van der Waals surface area contributed by atoms with Crippen LogP contribution in [-0.4, -0.2) is 0 Å². The minimum Gasteiger partial charge on any atom is -0.310 e. The van der Waals surface area contributed by atoms with Crippen LogP contribution < -0.4 is 4.90 Å². The second kappa shape index (κ2) is 8.86. The molecule has 0 saturated carbocycles.